The largest absolute Gasteiger partial charge is 0.382 e. The molecule has 0 bridgehead atoms. The molecule has 1 fully saturated rings. The van der Waals surface area contributed by atoms with E-state index in [1.165, 1.54) is 12.8 Å². The maximum absolute atomic E-state index is 3.86. The Labute approximate surface area is 130 Å². The summed E-state index contributed by atoms with van der Waals surface area (Å²) in [6, 6.07) is 8.74. The second-order valence-electron chi connectivity index (χ2n) is 4.47. The first-order chi connectivity index (χ1) is 8.92. The monoisotopic (exact) mass is 316 g/mol. The number of benzene rings is 1. The summed E-state index contributed by atoms with van der Waals surface area (Å²) in [5, 5.41) is 18.0. The van der Waals surface area contributed by atoms with Gasteiger partial charge >= 0.3 is 0 Å². The number of hydrogen-bond acceptors (Lipinski definition) is 5. The highest BCUT2D eigenvalue weighted by atomic mass is 35.5. The molecule has 0 aliphatic carbocycles. The van der Waals surface area contributed by atoms with E-state index in [0.29, 0.717) is 6.04 Å². The topological polar surface area (TPSA) is 67.7 Å². The van der Waals surface area contributed by atoms with Crippen molar-refractivity contribution in [2.24, 2.45) is 0 Å². The van der Waals surface area contributed by atoms with E-state index < -0.39 is 0 Å². The molecular weight excluding hydrogens is 299 g/mol. The van der Waals surface area contributed by atoms with Gasteiger partial charge in [-0.1, -0.05) is 0 Å². The lowest BCUT2D eigenvalue weighted by atomic mass is 10.1. The van der Waals surface area contributed by atoms with Crippen LogP contribution in [0.5, 0.6) is 0 Å². The van der Waals surface area contributed by atoms with E-state index in [2.05, 4.69) is 38.3 Å². The van der Waals surface area contributed by atoms with Gasteiger partial charge in [-0.3, -0.25) is 0 Å². The molecular formula is C12H18Cl2N6. The van der Waals surface area contributed by atoms with Crippen molar-refractivity contribution in [3.63, 3.8) is 0 Å². The minimum absolute atomic E-state index is 0. The minimum Gasteiger partial charge on any atom is -0.382 e. The molecule has 0 unspecified atom stereocenters. The van der Waals surface area contributed by atoms with Crippen LogP contribution in [-0.4, -0.2) is 39.3 Å². The summed E-state index contributed by atoms with van der Waals surface area (Å²) in [7, 11) is 0. The predicted octanol–water partition coefficient (Wildman–Crippen LogP) is 1.67. The van der Waals surface area contributed by atoms with Crippen LogP contribution in [-0.2, 0) is 0 Å². The fourth-order valence-electron chi connectivity index (χ4n) is 2.19. The smallest absolute Gasteiger partial charge is 0.143 e. The van der Waals surface area contributed by atoms with Gasteiger partial charge in [-0.25, -0.2) is 4.68 Å². The van der Waals surface area contributed by atoms with Crippen molar-refractivity contribution in [3.8, 4) is 5.69 Å². The van der Waals surface area contributed by atoms with Crippen LogP contribution in [0, 0.1) is 0 Å². The fourth-order valence-corrected chi connectivity index (χ4v) is 2.19. The van der Waals surface area contributed by atoms with E-state index in [1.54, 1.807) is 11.0 Å². The number of nitrogens with zero attached hydrogens (tertiary/aromatic N) is 4. The van der Waals surface area contributed by atoms with E-state index in [0.717, 1.165) is 24.5 Å². The Morgan fingerprint density at radius 3 is 2.40 bits per heavy atom. The third-order valence-corrected chi connectivity index (χ3v) is 3.19. The highest BCUT2D eigenvalue weighted by molar-refractivity contribution is 5.85. The van der Waals surface area contributed by atoms with Crippen LogP contribution in [0.3, 0.4) is 0 Å². The lowest BCUT2D eigenvalue weighted by molar-refractivity contribution is 0.479. The maximum Gasteiger partial charge on any atom is 0.143 e. The molecule has 8 heteroatoms. The summed E-state index contributed by atoms with van der Waals surface area (Å²) >= 11 is 0. The first kappa shape index (κ1) is 16.7. The molecule has 1 aromatic heterocycles. The van der Waals surface area contributed by atoms with Crippen molar-refractivity contribution in [1.29, 1.82) is 0 Å². The maximum atomic E-state index is 3.86. The van der Waals surface area contributed by atoms with Crippen LogP contribution in [0.4, 0.5) is 5.69 Å². The molecule has 0 radical (unpaired) electrons. The number of anilines is 1. The lowest BCUT2D eigenvalue weighted by Crippen LogP contribution is -2.35. The third-order valence-electron chi connectivity index (χ3n) is 3.19. The molecule has 3 rings (SSSR count). The molecule has 2 heterocycles. The molecule has 2 aromatic rings. The lowest BCUT2D eigenvalue weighted by Gasteiger charge is -2.24. The first-order valence-corrected chi connectivity index (χ1v) is 6.22. The Morgan fingerprint density at radius 1 is 1.10 bits per heavy atom. The number of tetrazole rings is 1. The Kier molecular flexibility index (Phi) is 6.70. The highest BCUT2D eigenvalue weighted by Crippen LogP contribution is 2.15. The van der Waals surface area contributed by atoms with E-state index in [4.69, 9.17) is 0 Å². The van der Waals surface area contributed by atoms with E-state index in [1.807, 2.05) is 12.1 Å². The van der Waals surface area contributed by atoms with Gasteiger partial charge in [0.15, 0.2) is 0 Å². The molecule has 0 saturated carbocycles. The normalized spacial score (nSPS) is 15.0. The van der Waals surface area contributed by atoms with Crippen LogP contribution in [0.15, 0.2) is 30.6 Å². The zero-order chi connectivity index (χ0) is 12.2. The molecule has 1 saturated heterocycles. The van der Waals surface area contributed by atoms with Crippen molar-refractivity contribution in [3.05, 3.63) is 30.6 Å². The second-order valence-corrected chi connectivity index (χ2v) is 4.47. The molecule has 6 nitrogen and oxygen atoms in total. The Balaban J connectivity index is 0.000001000. The standard InChI is InChI=1S/C12H16N6.2ClH/c1-3-12(18-9-14-16-17-18)4-2-10(1)15-11-5-7-13-8-6-11;;/h1-4,9,11,13,15H,5-8H2;2*1H. The van der Waals surface area contributed by atoms with Crippen LogP contribution in [0.2, 0.25) is 0 Å². The van der Waals surface area contributed by atoms with Gasteiger partial charge in [0, 0.05) is 11.7 Å². The predicted molar refractivity (Wildman–Crippen MR) is 83.2 cm³/mol. The number of nitrogens with one attached hydrogen (secondary N) is 2. The number of aromatic nitrogens is 4. The number of piperidine rings is 1. The molecule has 1 aliphatic heterocycles. The quantitative estimate of drug-likeness (QED) is 0.901. The van der Waals surface area contributed by atoms with Crippen LogP contribution >= 0.6 is 24.8 Å². The third kappa shape index (κ3) is 4.06. The van der Waals surface area contributed by atoms with Crippen molar-refractivity contribution < 1.29 is 0 Å². The average Bonchev–Trinajstić information content (AvgIpc) is 2.95. The van der Waals surface area contributed by atoms with Crippen molar-refractivity contribution in [2.75, 3.05) is 18.4 Å². The molecule has 1 aliphatic rings. The number of halogens is 2. The van der Waals surface area contributed by atoms with Crippen LogP contribution in [0.25, 0.3) is 5.69 Å². The summed E-state index contributed by atoms with van der Waals surface area (Å²) in [6.45, 7) is 2.20. The van der Waals surface area contributed by atoms with Gasteiger partial charge in [-0.15, -0.1) is 29.9 Å². The van der Waals surface area contributed by atoms with Gasteiger partial charge in [-0.2, -0.15) is 0 Å². The number of hydrogen-bond donors (Lipinski definition) is 2. The SMILES string of the molecule is Cl.Cl.c1cc(-n2cnnn2)ccc1NC1CCNCC1. The van der Waals surface area contributed by atoms with Gasteiger partial charge < -0.3 is 10.6 Å². The molecule has 20 heavy (non-hydrogen) atoms. The van der Waals surface area contributed by atoms with Crippen molar-refractivity contribution in [2.45, 2.75) is 18.9 Å². The summed E-state index contributed by atoms with van der Waals surface area (Å²) in [4.78, 5) is 0. The summed E-state index contributed by atoms with van der Waals surface area (Å²) in [5.41, 5.74) is 2.12. The Morgan fingerprint density at radius 2 is 1.80 bits per heavy atom. The Bertz CT molecular complexity index is 481. The van der Waals surface area contributed by atoms with E-state index in [9.17, 15) is 0 Å². The molecule has 110 valence electrons. The zero-order valence-corrected chi connectivity index (χ0v) is 12.5. The summed E-state index contributed by atoms with van der Waals surface area (Å²) < 4.78 is 1.65. The molecule has 2 N–H and O–H groups in total. The van der Waals surface area contributed by atoms with Gasteiger partial charge in [0.25, 0.3) is 0 Å². The fraction of sp³-hybridized carbons (Fsp3) is 0.417. The summed E-state index contributed by atoms with van der Waals surface area (Å²) in [5.74, 6) is 0. The summed E-state index contributed by atoms with van der Waals surface area (Å²) in [6.07, 6.45) is 3.94. The molecule has 0 spiro atoms. The molecule has 0 amide bonds. The highest BCUT2D eigenvalue weighted by Gasteiger charge is 2.12. The van der Waals surface area contributed by atoms with E-state index >= 15 is 0 Å². The Hall–Kier alpha value is -1.37. The van der Waals surface area contributed by atoms with Gasteiger partial charge in [0.2, 0.25) is 0 Å². The average molecular weight is 317 g/mol. The van der Waals surface area contributed by atoms with Gasteiger partial charge in [0.05, 0.1) is 5.69 Å². The number of rotatable bonds is 3. The molecule has 0 atom stereocenters. The minimum atomic E-state index is 0. The zero-order valence-electron chi connectivity index (χ0n) is 10.9. The first-order valence-electron chi connectivity index (χ1n) is 6.22. The van der Waals surface area contributed by atoms with Crippen molar-refractivity contribution in [1.82, 2.24) is 25.5 Å². The van der Waals surface area contributed by atoms with Crippen molar-refractivity contribution >= 4 is 30.5 Å². The second kappa shape index (κ2) is 8.04. The van der Waals surface area contributed by atoms with E-state index in [-0.39, 0.29) is 24.8 Å². The van der Waals surface area contributed by atoms with Gasteiger partial charge in [-0.05, 0) is 60.6 Å². The van der Waals surface area contributed by atoms with Crippen LogP contribution < -0.4 is 10.6 Å². The molecule has 1 aromatic carbocycles. The van der Waals surface area contributed by atoms with Crippen LogP contribution in [0.1, 0.15) is 12.8 Å². The van der Waals surface area contributed by atoms with Gasteiger partial charge in [0.1, 0.15) is 6.33 Å².